The van der Waals surface area contributed by atoms with Crippen molar-refractivity contribution in [2.24, 2.45) is 0 Å². The van der Waals surface area contributed by atoms with E-state index in [0.29, 0.717) is 13.1 Å². The van der Waals surface area contributed by atoms with Gasteiger partial charge in [-0.3, -0.25) is 0 Å². The molecule has 0 saturated carbocycles. The average Bonchev–Trinajstić information content (AvgIpc) is 2.37. The van der Waals surface area contributed by atoms with Crippen LogP contribution in [0.1, 0.15) is 13.3 Å². The molecule has 0 amide bonds. The van der Waals surface area contributed by atoms with Gasteiger partial charge in [0.25, 0.3) is 0 Å². The minimum atomic E-state index is -3.67. The van der Waals surface area contributed by atoms with E-state index in [1.807, 2.05) is 19.0 Å². The van der Waals surface area contributed by atoms with E-state index in [1.165, 1.54) is 16.4 Å². The van der Waals surface area contributed by atoms with Crippen LogP contribution in [0, 0.1) is 5.82 Å². The highest BCUT2D eigenvalue weighted by molar-refractivity contribution is 7.89. The van der Waals surface area contributed by atoms with E-state index < -0.39 is 15.8 Å². The highest BCUT2D eigenvalue weighted by atomic mass is 32.2. The van der Waals surface area contributed by atoms with Crippen molar-refractivity contribution in [1.82, 2.24) is 9.21 Å². The van der Waals surface area contributed by atoms with Crippen molar-refractivity contribution in [2.75, 3.05) is 39.5 Å². The maximum Gasteiger partial charge on any atom is 0.243 e. The van der Waals surface area contributed by atoms with Crippen molar-refractivity contribution in [2.45, 2.75) is 18.2 Å². The molecular weight excluding hydrogens is 281 g/mol. The fraction of sp³-hybridized carbons (Fsp3) is 0.538. The molecule has 0 aromatic heterocycles. The zero-order valence-electron chi connectivity index (χ0n) is 12.1. The Morgan fingerprint density at radius 3 is 2.40 bits per heavy atom. The van der Waals surface area contributed by atoms with Gasteiger partial charge >= 0.3 is 0 Å². The van der Waals surface area contributed by atoms with Gasteiger partial charge in [0.1, 0.15) is 5.82 Å². The second-order valence-electron chi connectivity index (χ2n) is 4.84. The molecule has 0 bridgehead atoms. The second kappa shape index (κ2) is 7.01. The summed E-state index contributed by atoms with van der Waals surface area (Å²) in [5, 5.41) is 0. The van der Waals surface area contributed by atoms with Crippen molar-refractivity contribution >= 4 is 15.7 Å². The lowest BCUT2D eigenvalue weighted by molar-refractivity contribution is 0.356. The van der Waals surface area contributed by atoms with Crippen LogP contribution in [0.15, 0.2) is 23.1 Å². The molecule has 0 saturated heterocycles. The van der Waals surface area contributed by atoms with Crippen molar-refractivity contribution in [1.29, 1.82) is 0 Å². The van der Waals surface area contributed by atoms with Crippen LogP contribution >= 0.6 is 0 Å². The van der Waals surface area contributed by atoms with E-state index in [1.54, 1.807) is 6.92 Å². The summed E-state index contributed by atoms with van der Waals surface area (Å²) in [6.45, 7) is 3.31. The third-order valence-electron chi connectivity index (χ3n) is 2.98. The van der Waals surface area contributed by atoms with Gasteiger partial charge in [0, 0.05) is 13.1 Å². The van der Waals surface area contributed by atoms with Crippen molar-refractivity contribution in [3.05, 3.63) is 24.0 Å². The molecule has 0 radical (unpaired) electrons. The number of rotatable bonds is 7. The molecule has 114 valence electrons. The fourth-order valence-electron chi connectivity index (χ4n) is 1.83. The van der Waals surface area contributed by atoms with Gasteiger partial charge in [0.2, 0.25) is 10.0 Å². The van der Waals surface area contributed by atoms with Crippen LogP contribution in [-0.2, 0) is 10.0 Å². The minimum absolute atomic E-state index is 0.0559. The van der Waals surface area contributed by atoms with E-state index in [2.05, 4.69) is 0 Å². The zero-order chi connectivity index (χ0) is 15.3. The van der Waals surface area contributed by atoms with Crippen LogP contribution in [0.5, 0.6) is 0 Å². The molecule has 0 fully saturated rings. The summed E-state index contributed by atoms with van der Waals surface area (Å²) < 4.78 is 39.6. The molecule has 0 heterocycles. The first-order valence-corrected chi connectivity index (χ1v) is 7.93. The first kappa shape index (κ1) is 16.9. The first-order chi connectivity index (χ1) is 9.28. The van der Waals surface area contributed by atoms with Crippen LogP contribution in [0.2, 0.25) is 0 Å². The van der Waals surface area contributed by atoms with Crippen molar-refractivity contribution < 1.29 is 12.8 Å². The van der Waals surface area contributed by atoms with Gasteiger partial charge in [-0.25, -0.2) is 12.8 Å². The van der Waals surface area contributed by atoms with Crippen LogP contribution in [0.25, 0.3) is 0 Å². The lowest BCUT2D eigenvalue weighted by Gasteiger charge is -2.21. The quantitative estimate of drug-likeness (QED) is 0.773. The Labute approximate surface area is 120 Å². The predicted octanol–water partition coefficient (Wildman–Crippen LogP) is 1.37. The van der Waals surface area contributed by atoms with Gasteiger partial charge in [-0.15, -0.1) is 0 Å². The summed E-state index contributed by atoms with van der Waals surface area (Å²) in [6, 6.07) is 3.58. The van der Waals surface area contributed by atoms with E-state index >= 15 is 0 Å². The second-order valence-corrected chi connectivity index (χ2v) is 6.77. The van der Waals surface area contributed by atoms with E-state index in [9.17, 15) is 12.8 Å². The Kier molecular flexibility index (Phi) is 5.91. The number of halogens is 1. The average molecular weight is 303 g/mol. The largest absolute Gasteiger partial charge is 0.396 e. The molecule has 0 aliphatic rings. The van der Waals surface area contributed by atoms with Gasteiger partial charge in [0.05, 0.1) is 10.6 Å². The molecular formula is C13H22FN3O2S. The number of nitrogen functional groups attached to an aromatic ring is 1. The normalized spacial score (nSPS) is 12.3. The van der Waals surface area contributed by atoms with Crippen LogP contribution < -0.4 is 5.73 Å². The molecule has 0 spiro atoms. The lowest BCUT2D eigenvalue weighted by atomic mass is 10.3. The number of hydrogen-bond acceptors (Lipinski definition) is 4. The SMILES string of the molecule is CCN(CCCN(C)C)S(=O)(=O)c1ccc(N)c(F)c1. The van der Waals surface area contributed by atoms with Gasteiger partial charge < -0.3 is 10.6 Å². The summed E-state index contributed by atoms with van der Waals surface area (Å²) in [7, 11) is 0.192. The number of sulfonamides is 1. The number of nitrogens with two attached hydrogens (primary N) is 1. The minimum Gasteiger partial charge on any atom is -0.396 e. The van der Waals surface area contributed by atoms with Crippen LogP contribution in [-0.4, -0.2) is 51.4 Å². The molecule has 0 unspecified atom stereocenters. The Morgan fingerprint density at radius 2 is 1.90 bits per heavy atom. The topological polar surface area (TPSA) is 66.6 Å². The van der Waals surface area contributed by atoms with Gasteiger partial charge in [-0.1, -0.05) is 6.92 Å². The number of benzene rings is 1. The Morgan fingerprint density at radius 1 is 1.25 bits per heavy atom. The Balaban J connectivity index is 2.91. The van der Waals surface area contributed by atoms with Gasteiger partial charge in [-0.2, -0.15) is 4.31 Å². The zero-order valence-corrected chi connectivity index (χ0v) is 13.0. The molecule has 1 aromatic rings. The third-order valence-corrected chi connectivity index (χ3v) is 4.95. The third kappa shape index (κ3) is 4.16. The number of anilines is 1. The van der Waals surface area contributed by atoms with Crippen LogP contribution in [0.3, 0.4) is 0 Å². The summed E-state index contributed by atoms with van der Waals surface area (Å²) in [5.41, 5.74) is 5.31. The highest BCUT2D eigenvalue weighted by Gasteiger charge is 2.23. The summed E-state index contributed by atoms with van der Waals surface area (Å²) in [5.74, 6) is -0.713. The standard InChI is InChI=1S/C13H22FN3O2S/c1-4-17(9-5-8-16(2)3)20(18,19)11-6-7-13(15)12(14)10-11/h6-7,10H,4-5,8-9,15H2,1-3H3. The Hall–Kier alpha value is -1.18. The fourth-order valence-corrected chi connectivity index (χ4v) is 3.33. The van der Waals surface area contributed by atoms with Crippen molar-refractivity contribution in [3.63, 3.8) is 0 Å². The first-order valence-electron chi connectivity index (χ1n) is 6.49. The summed E-state index contributed by atoms with van der Waals surface area (Å²) in [6.07, 6.45) is 0.720. The van der Waals surface area contributed by atoms with Gasteiger partial charge in [0.15, 0.2) is 0 Å². The maximum atomic E-state index is 13.4. The molecule has 0 aliphatic heterocycles. The number of nitrogens with zero attached hydrogens (tertiary/aromatic N) is 2. The summed E-state index contributed by atoms with van der Waals surface area (Å²) in [4.78, 5) is 1.93. The van der Waals surface area contributed by atoms with Crippen LogP contribution in [0.4, 0.5) is 10.1 Å². The molecule has 0 atom stereocenters. The predicted molar refractivity (Wildman–Crippen MR) is 78.4 cm³/mol. The molecule has 1 aromatic carbocycles. The highest BCUT2D eigenvalue weighted by Crippen LogP contribution is 2.20. The molecule has 20 heavy (non-hydrogen) atoms. The van der Waals surface area contributed by atoms with E-state index in [4.69, 9.17) is 5.73 Å². The van der Waals surface area contributed by atoms with E-state index in [0.717, 1.165) is 19.0 Å². The maximum absolute atomic E-state index is 13.4. The lowest BCUT2D eigenvalue weighted by Crippen LogP contribution is -2.33. The number of hydrogen-bond donors (Lipinski definition) is 1. The molecule has 2 N–H and O–H groups in total. The molecule has 5 nitrogen and oxygen atoms in total. The Bertz CT molecular complexity index is 547. The smallest absolute Gasteiger partial charge is 0.243 e. The summed E-state index contributed by atoms with van der Waals surface area (Å²) >= 11 is 0. The van der Waals surface area contributed by atoms with E-state index in [-0.39, 0.29) is 10.6 Å². The van der Waals surface area contributed by atoms with Gasteiger partial charge in [-0.05, 0) is 45.3 Å². The van der Waals surface area contributed by atoms with Crippen molar-refractivity contribution in [3.8, 4) is 0 Å². The molecule has 1 rings (SSSR count). The molecule has 0 aliphatic carbocycles. The molecule has 7 heteroatoms. The monoisotopic (exact) mass is 303 g/mol.